The number of carbonyl (C=O) groups is 1. The zero-order valence-electron chi connectivity index (χ0n) is 11.7. The van der Waals surface area contributed by atoms with Gasteiger partial charge in [-0.15, -0.1) is 0 Å². The summed E-state index contributed by atoms with van der Waals surface area (Å²) >= 11 is 0. The Morgan fingerprint density at radius 2 is 2.10 bits per heavy atom. The molecule has 0 aliphatic heterocycles. The van der Waals surface area contributed by atoms with Gasteiger partial charge in [0.05, 0.1) is 18.6 Å². The molecule has 1 amide bonds. The minimum atomic E-state index is -0.160. The molecule has 0 fully saturated rings. The standard InChI is InChI=1S/C15H19N3O2/c1-11(2)12-3-5-14(6-4-12)20-9-15(19)17-8-13-7-16-10-18-13/h3-7,10-11H,8-9H2,1-2H3,(H,16,18)(H,17,19). The number of hydrogen-bond donors (Lipinski definition) is 2. The fourth-order valence-electron chi connectivity index (χ4n) is 1.72. The Kier molecular flexibility index (Phi) is 4.76. The molecular formula is C15H19N3O2. The Balaban J connectivity index is 1.75. The van der Waals surface area contributed by atoms with Crippen LogP contribution < -0.4 is 10.1 Å². The number of amides is 1. The predicted molar refractivity (Wildman–Crippen MR) is 76.5 cm³/mol. The number of nitrogens with one attached hydrogen (secondary N) is 2. The number of aromatic amines is 1. The highest BCUT2D eigenvalue weighted by molar-refractivity contribution is 5.77. The number of rotatable bonds is 6. The predicted octanol–water partition coefficient (Wildman–Crippen LogP) is 2.23. The minimum absolute atomic E-state index is 0.00909. The lowest BCUT2D eigenvalue weighted by atomic mass is 10.0. The Bertz CT molecular complexity index is 533. The van der Waals surface area contributed by atoms with E-state index in [9.17, 15) is 4.79 Å². The van der Waals surface area contributed by atoms with Crippen molar-refractivity contribution in [3.05, 3.63) is 48.0 Å². The molecule has 2 rings (SSSR count). The van der Waals surface area contributed by atoms with Gasteiger partial charge in [-0.2, -0.15) is 0 Å². The lowest BCUT2D eigenvalue weighted by Gasteiger charge is -2.09. The number of H-pyrrole nitrogens is 1. The van der Waals surface area contributed by atoms with E-state index in [4.69, 9.17) is 4.74 Å². The highest BCUT2D eigenvalue weighted by Gasteiger charge is 2.04. The molecule has 0 saturated carbocycles. The summed E-state index contributed by atoms with van der Waals surface area (Å²) in [5.41, 5.74) is 2.11. The molecule has 5 heteroatoms. The smallest absolute Gasteiger partial charge is 0.258 e. The number of benzene rings is 1. The van der Waals surface area contributed by atoms with Crippen LogP contribution in [-0.2, 0) is 11.3 Å². The van der Waals surface area contributed by atoms with Crippen LogP contribution in [0.5, 0.6) is 5.75 Å². The van der Waals surface area contributed by atoms with Gasteiger partial charge in [0.1, 0.15) is 5.75 Å². The zero-order valence-corrected chi connectivity index (χ0v) is 11.7. The van der Waals surface area contributed by atoms with Crippen molar-refractivity contribution in [1.82, 2.24) is 15.3 Å². The van der Waals surface area contributed by atoms with E-state index in [0.29, 0.717) is 18.2 Å². The maximum Gasteiger partial charge on any atom is 0.258 e. The third-order valence-corrected chi connectivity index (χ3v) is 2.95. The molecule has 5 nitrogen and oxygen atoms in total. The molecule has 1 aromatic heterocycles. The molecule has 1 heterocycles. The maximum atomic E-state index is 11.6. The van der Waals surface area contributed by atoms with E-state index in [1.54, 1.807) is 12.5 Å². The number of ether oxygens (including phenoxy) is 1. The first kappa shape index (κ1) is 14.1. The third-order valence-electron chi connectivity index (χ3n) is 2.95. The van der Waals surface area contributed by atoms with Gasteiger partial charge >= 0.3 is 0 Å². The van der Waals surface area contributed by atoms with Gasteiger partial charge in [-0.05, 0) is 23.6 Å². The largest absolute Gasteiger partial charge is 0.484 e. The molecule has 0 atom stereocenters. The molecule has 0 saturated heterocycles. The molecular weight excluding hydrogens is 254 g/mol. The van der Waals surface area contributed by atoms with Gasteiger partial charge in [0.2, 0.25) is 0 Å². The second-order valence-corrected chi connectivity index (χ2v) is 4.87. The molecule has 2 aromatic rings. The molecule has 0 bridgehead atoms. The summed E-state index contributed by atoms with van der Waals surface area (Å²) in [5, 5.41) is 2.75. The monoisotopic (exact) mass is 273 g/mol. The van der Waals surface area contributed by atoms with Crippen LogP contribution in [0.1, 0.15) is 31.0 Å². The zero-order chi connectivity index (χ0) is 14.4. The van der Waals surface area contributed by atoms with Crippen molar-refractivity contribution in [2.45, 2.75) is 26.3 Å². The van der Waals surface area contributed by atoms with Crippen molar-refractivity contribution in [3.8, 4) is 5.75 Å². The molecule has 1 aromatic carbocycles. The molecule has 0 aliphatic carbocycles. The summed E-state index contributed by atoms with van der Waals surface area (Å²) in [6.45, 7) is 4.71. The van der Waals surface area contributed by atoms with Gasteiger partial charge in [0.15, 0.2) is 6.61 Å². The SMILES string of the molecule is CC(C)c1ccc(OCC(=O)NCc2cnc[nH]2)cc1. The number of nitrogens with zero attached hydrogens (tertiary/aromatic N) is 1. The average Bonchev–Trinajstić information content (AvgIpc) is 2.96. The van der Waals surface area contributed by atoms with Gasteiger partial charge in [0, 0.05) is 6.20 Å². The normalized spacial score (nSPS) is 10.6. The molecule has 0 spiro atoms. The van der Waals surface area contributed by atoms with Crippen molar-refractivity contribution >= 4 is 5.91 Å². The van der Waals surface area contributed by atoms with Gasteiger partial charge in [0.25, 0.3) is 5.91 Å². The topological polar surface area (TPSA) is 67.0 Å². The van der Waals surface area contributed by atoms with E-state index >= 15 is 0 Å². The van der Waals surface area contributed by atoms with Crippen molar-refractivity contribution in [2.75, 3.05) is 6.61 Å². The summed E-state index contributed by atoms with van der Waals surface area (Å²) in [6, 6.07) is 7.81. The van der Waals surface area contributed by atoms with Crippen LogP contribution in [0.15, 0.2) is 36.8 Å². The molecule has 0 unspecified atom stereocenters. The number of hydrogen-bond acceptors (Lipinski definition) is 3. The van der Waals surface area contributed by atoms with E-state index in [-0.39, 0.29) is 12.5 Å². The first-order valence-electron chi connectivity index (χ1n) is 6.62. The summed E-state index contributed by atoms with van der Waals surface area (Å²) < 4.78 is 5.43. The lowest BCUT2D eigenvalue weighted by Crippen LogP contribution is -2.28. The van der Waals surface area contributed by atoms with Crippen LogP contribution in [0.2, 0.25) is 0 Å². The van der Waals surface area contributed by atoms with Gasteiger partial charge in [-0.25, -0.2) is 4.98 Å². The van der Waals surface area contributed by atoms with E-state index in [1.165, 1.54) is 5.56 Å². The molecule has 20 heavy (non-hydrogen) atoms. The van der Waals surface area contributed by atoms with Crippen molar-refractivity contribution < 1.29 is 9.53 Å². The summed E-state index contributed by atoms with van der Waals surface area (Å²) in [5.74, 6) is 1.03. The highest BCUT2D eigenvalue weighted by atomic mass is 16.5. The molecule has 0 radical (unpaired) electrons. The third kappa shape index (κ3) is 4.12. The highest BCUT2D eigenvalue weighted by Crippen LogP contribution is 2.18. The van der Waals surface area contributed by atoms with E-state index < -0.39 is 0 Å². The van der Waals surface area contributed by atoms with Crippen molar-refractivity contribution in [1.29, 1.82) is 0 Å². The van der Waals surface area contributed by atoms with E-state index in [0.717, 1.165) is 5.69 Å². The first-order chi connectivity index (χ1) is 9.65. The molecule has 106 valence electrons. The van der Waals surface area contributed by atoms with Crippen molar-refractivity contribution in [2.24, 2.45) is 0 Å². The number of aromatic nitrogens is 2. The van der Waals surface area contributed by atoms with Crippen LogP contribution in [0, 0.1) is 0 Å². The summed E-state index contributed by atoms with van der Waals surface area (Å²) in [4.78, 5) is 18.4. The van der Waals surface area contributed by atoms with Crippen LogP contribution in [0.25, 0.3) is 0 Å². The fraction of sp³-hybridized carbons (Fsp3) is 0.333. The fourth-order valence-corrected chi connectivity index (χ4v) is 1.72. The Labute approximate surface area is 118 Å². The quantitative estimate of drug-likeness (QED) is 0.848. The second kappa shape index (κ2) is 6.75. The van der Waals surface area contributed by atoms with E-state index in [1.807, 2.05) is 24.3 Å². The van der Waals surface area contributed by atoms with Crippen LogP contribution in [-0.4, -0.2) is 22.5 Å². The maximum absolute atomic E-state index is 11.6. The Morgan fingerprint density at radius 1 is 1.35 bits per heavy atom. The van der Waals surface area contributed by atoms with Gasteiger partial charge < -0.3 is 15.0 Å². The second-order valence-electron chi connectivity index (χ2n) is 4.87. The number of carbonyl (C=O) groups excluding carboxylic acids is 1. The van der Waals surface area contributed by atoms with Gasteiger partial charge in [-0.1, -0.05) is 26.0 Å². The van der Waals surface area contributed by atoms with Crippen LogP contribution in [0.4, 0.5) is 0 Å². The molecule has 0 aliphatic rings. The summed E-state index contributed by atoms with van der Waals surface area (Å²) in [6.07, 6.45) is 3.25. The van der Waals surface area contributed by atoms with Crippen LogP contribution in [0.3, 0.4) is 0 Å². The Morgan fingerprint density at radius 3 is 2.70 bits per heavy atom. The minimum Gasteiger partial charge on any atom is -0.484 e. The Hall–Kier alpha value is -2.30. The van der Waals surface area contributed by atoms with Crippen LogP contribution >= 0.6 is 0 Å². The molecule has 2 N–H and O–H groups in total. The first-order valence-corrected chi connectivity index (χ1v) is 6.62. The number of imidazole rings is 1. The van der Waals surface area contributed by atoms with E-state index in [2.05, 4.69) is 29.1 Å². The summed E-state index contributed by atoms with van der Waals surface area (Å²) in [7, 11) is 0. The lowest BCUT2D eigenvalue weighted by molar-refractivity contribution is -0.123. The van der Waals surface area contributed by atoms with Crippen molar-refractivity contribution in [3.63, 3.8) is 0 Å². The average molecular weight is 273 g/mol. The van der Waals surface area contributed by atoms with Gasteiger partial charge in [-0.3, -0.25) is 4.79 Å².